The Hall–Kier alpha value is -2.49. The average molecular weight is 255 g/mol. The van der Waals surface area contributed by atoms with Gasteiger partial charge in [-0.25, -0.2) is 0 Å². The topological polar surface area (TPSA) is 60.2 Å². The van der Waals surface area contributed by atoms with Crippen molar-refractivity contribution in [1.82, 2.24) is 0 Å². The van der Waals surface area contributed by atoms with Crippen LogP contribution in [0.25, 0.3) is 0 Å². The van der Waals surface area contributed by atoms with Crippen LogP contribution in [0.1, 0.15) is 27.0 Å². The van der Waals surface area contributed by atoms with E-state index < -0.39 is 4.92 Å². The van der Waals surface area contributed by atoms with Gasteiger partial charge < -0.3 is 0 Å². The first-order valence-corrected chi connectivity index (χ1v) is 5.85. The molecule has 0 fully saturated rings. The standard InChI is InChI=1S/C15H13NO3/c1-10-6-7-11(2)14(8-10)15(17)12-4-3-5-13(9-12)16(18)19/h3-9H,1-2H3. The fraction of sp³-hybridized carbons (Fsp3) is 0.133. The summed E-state index contributed by atoms with van der Waals surface area (Å²) in [6, 6.07) is 11.4. The van der Waals surface area contributed by atoms with E-state index in [0.717, 1.165) is 11.1 Å². The molecule has 4 heteroatoms. The third kappa shape index (κ3) is 2.68. The van der Waals surface area contributed by atoms with Crippen LogP contribution in [0.15, 0.2) is 42.5 Å². The Labute approximate surface area is 110 Å². The lowest BCUT2D eigenvalue weighted by molar-refractivity contribution is -0.384. The zero-order chi connectivity index (χ0) is 14.0. The number of ketones is 1. The second-order valence-corrected chi connectivity index (χ2v) is 4.45. The van der Waals surface area contributed by atoms with Gasteiger partial charge in [-0.05, 0) is 25.5 Å². The number of aryl methyl sites for hydroxylation is 2. The molecule has 0 heterocycles. The molecule has 2 aromatic rings. The monoisotopic (exact) mass is 255 g/mol. The van der Waals surface area contributed by atoms with Crippen LogP contribution in [-0.4, -0.2) is 10.7 Å². The smallest absolute Gasteiger partial charge is 0.270 e. The number of benzene rings is 2. The van der Waals surface area contributed by atoms with E-state index in [1.54, 1.807) is 12.1 Å². The molecule has 96 valence electrons. The van der Waals surface area contributed by atoms with Crippen molar-refractivity contribution in [2.75, 3.05) is 0 Å². The molecule has 19 heavy (non-hydrogen) atoms. The summed E-state index contributed by atoms with van der Waals surface area (Å²) < 4.78 is 0. The van der Waals surface area contributed by atoms with E-state index in [-0.39, 0.29) is 11.5 Å². The van der Waals surface area contributed by atoms with Crippen LogP contribution < -0.4 is 0 Å². The zero-order valence-electron chi connectivity index (χ0n) is 10.7. The van der Waals surface area contributed by atoms with Crippen LogP contribution in [0.5, 0.6) is 0 Å². The molecule has 2 rings (SSSR count). The summed E-state index contributed by atoms with van der Waals surface area (Å²) in [5, 5.41) is 10.7. The molecule has 0 amide bonds. The highest BCUT2D eigenvalue weighted by Gasteiger charge is 2.15. The number of hydrogen-bond donors (Lipinski definition) is 0. The second kappa shape index (κ2) is 5.02. The van der Waals surface area contributed by atoms with Gasteiger partial charge in [0.15, 0.2) is 5.78 Å². The van der Waals surface area contributed by atoms with Gasteiger partial charge in [0.2, 0.25) is 0 Å². The van der Waals surface area contributed by atoms with E-state index in [1.165, 1.54) is 18.2 Å². The number of hydrogen-bond acceptors (Lipinski definition) is 3. The Morgan fingerprint density at radius 2 is 1.84 bits per heavy atom. The van der Waals surface area contributed by atoms with Gasteiger partial charge in [-0.2, -0.15) is 0 Å². The highest BCUT2D eigenvalue weighted by molar-refractivity contribution is 6.10. The van der Waals surface area contributed by atoms with Crippen molar-refractivity contribution < 1.29 is 9.72 Å². The number of rotatable bonds is 3. The predicted octanol–water partition coefficient (Wildman–Crippen LogP) is 3.44. The largest absolute Gasteiger partial charge is 0.289 e. The lowest BCUT2D eigenvalue weighted by atomic mass is 9.97. The molecule has 0 unspecified atom stereocenters. The predicted molar refractivity (Wildman–Crippen MR) is 72.4 cm³/mol. The summed E-state index contributed by atoms with van der Waals surface area (Å²) in [5.41, 5.74) is 2.70. The Morgan fingerprint density at radius 1 is 1.11 bits per heavy atom. The van der Waals surface area contributed by atoms with Crippen LogP contribution in [0.2, 0.25) is 0 Å². The van der Waals surface area contributed by atoms with E-state index in [9.17, 15) is 14.9 Å². The zero-order valence-corrected chi connectivity index (χ0v) is 10.7. The maximum absolute atomic E-state index is 12.4. The number of nitro groups is 1. The Bertz CT molecular complexity index is 662. The van der Waals surface area contributed by atoms with Crippen LogP contribution >= 0.6 is 0 Å². The highest BCUT2D eigenvalue weighted by atomic mass is 16.6. The summed E-state index contributed by atoms with van der Waals surface area (Å²) in [6.07, 6.45) is 0. The van der Waals surface area contributed by atoms with Gasteiger partial charge in [-0.1, -0.05) is 29.8 Å². The molecule has 0 saturated carbocycles. The van der Waals surface area contributed by atoms with Crippen molar-refractivity contribution in [3.63, 3.8) is 0 Å². The van der Waals surface area contributed by atoms with Crippen molar-refractivity contribution in [2.24, 2.45) is 0 Å². The number of carbonyl (C=O) groups excluding carboxylic acids is 1. The molecule has 0 aliphatic rings. The van der Waals surface area contributed by atoms with E-state index in [2.05, 4.69) is 0 Å². The fourth-order valence-electron chi connectivity index (χ4n) is 1.90. The number of nitro benzene ring substituents is 1. The summed E-state index contributed by atoms with van der Waals surface area (Å²) in [4.78, 5) is 22.6. The molecule has 0 bridgehead atoms. The second-order valence-electron chi connectivity index (χ2n) is 4.45. The van der Waals surface area contributed by atoms with Crippen molar-refractivity contribution in [1.29, 1.82) is 0 Å². The lowest BCUT2D eigenvalue weighted by Crippen LogP contribution is -2.04. The van der Waals surface area contributed by atoms with Crippen LogP contribution in [0, 0.1) is 24.0 Å². The van der Waals surface area contributed by atoms with Gasteiger partial charge in [-0.15, -0.1) is 0 Å². The van der Waals surface area contributed by atoms with Crippen molar-refractivity contribution >= 4 is 11.5 Å². The molecule has 4 nitrogen and oxygen atoms in total. The number of nitrogens with zero attached hydrogens (tertiary/aromatic N) is 1. The van der Waals surface area contributed by atoms with E-state index in [1.807, 2.05) is 26.0 Å². The number of carbonyl (C=O) groups is 1. The molecular formula is C15H13NO3. The summed E-state index contributed by atoms with van der Waals surface area (Å²) in [5.74, 6) is -0.190. The maximum atomic E-state index is 12.4. The third-order valence-electron chi connectivity index (χ3n) is 2.96. The normalized spacial score (nSPS) is 10.2. The molecule has 0 aliphatic heterocycles. The van der Waals surface area contributed by atoms with Crippen LogP contribution in [0.3, 0.4) is 0 Å². The van der Waals surface area contributed by atoms with Crippen molar-refractivity contribution in [3.05, 3.63) is 74.8 Å². The van der Waals surface area contributed by atoms with Crippen molar-refractivity contribution in [2.45, 2.75) is 13.8 Å². The van der Waals surface area contributed by atoms with E-state index in [0.29, 0.717) is 11.1 Å². The third-order valence-corrected chi connectivity index (χ3v) is 2.96. The molecule has 0 spiro atoms. The molecule has 0 saturated heterocycles. The average Bonchev–Trinajstić information content (AvgIpc) is 2.41. The fourth-order valence-corrected chi connectivity index (χ4v) is 1.90. The maximum Gasteiger partial charge on any atom is 0.270 e. The minimum atomic E-state index is -0.500. The first-order valence-electron chi connectivity index (χ1n) is 5.85. The minimum Gasteiger partial charge on any atom is -0.289 e. The van der Waals surface area contributed by atoms with Gasteiger partial charge in [0, 0.05) is 23.3 Å². The number of non-ortho nitro benzene ring substituents is 1. The first kappa shape index (κ1) is 13.0. The Morgan fingerprint density at radius 3 is 2.53 bits per heavy atom. The van der Waals surface area contributed by atoms with E-state index >= 15 is 0 Å². The van der Waals surface area contributed by atoms with Gasteiger partial charge in [-0.3, -0.25) is 14.9 Å². The molecule has 0 aliphatic carbocycles. The van der Waals surface area contributed by atoms with Crippen LogP contribution in [-0.2, 0) is 0 Å². The molecule has 0 aromatic heterocycles. The Kier molecular flexibility index (Phi) is 3.42. The molecular weight excluding hydrogens is 242 g/mol. The molecule has 2 aromatic carbocycles. The van der Waals surface area contributed by atoms with Crippen molar-refractivity contribution in [3.8, 4) is 0 Å². The summed E-state index contributed by atoms with van der Waals surface area (Å²) in [6.45, 7) is 3.76. The molecule has 0 radical (unpaired) electrons. The highest BCUT2D eigenvalue weighted by Crippen LogP contribution is 2.19. The van der Waals surface area contributed by atoms with Gasteiger partial charge >= 0.3 is 0 Å². The van der Waals surface area contributed by atoms with Crippen LogP contribution in [0.4, 0.5) is 5.69 Å². The molecule has 0 N–H and O–H groups in total. The van der Waals surface area contributed by atoms with Gasteiger partial charge in [0.05, 0.1) is 4.92 Å². The van der Waals surface area contributed by atoms with Gasteiger partial charge in [0.1, 0.15) is 0 Å². The lowest BCUT2D eigenvalue weighted by Gasteiger charge is -2.06. The molecule has 0 atom stereocenters. The summed E-state index contributed by atoms with van der Waals surface area (Å²) >= 11 is 0. The SMILES string of the molecule is Cc1ccc(C)c(C(=O)c2cccc([N+](=O)[O-])c2)c1. The first-order chi connectivity index (χ1) is 8.99. The minimum absolute atomic E-state index is 0.0730. The van der Waals surface area contributed by atoms with E-state index in [4.69, 9.17) is 0 Å². The van der Waals surface area contributed by atoms with Gasteiger partial charge in [0.25, 0.3) is 5.69 Å². The summed E-state index contributed by atoms with van der Waals surface area (Å²) in [7, 11) is 0. The Balaban J connectivity index is 2.47. The quantitative estimate of drug-likeness (QED) is 0.479.